The Hall–Kier alpha value is -1.98. The van der Waals surface area contributed by atoms with E-state index in [0.29, 0.717) is 17.2 Å². The lowest BCUT2D eigenvalue weighted by Crippen LogP contribution is -2.05. The fourth-order valence-electron chi connectivity index (χ4n) is 1.63. The predicted octanol–water partition coefficient (Wildman–Crippen LogP) is 2.72. The Labute approximate surface area is 110 Å². The molecule has 0 spiro atoms. The molecule has 1 atom stereocenters. The molecule has 0 aromatic heterocycles. The summed E-state index contributed by atoms with van der Waals surface area (Å²) in [6, 6.07) is 9.53. The molecule has 18 heavy (non-hydrogen) atoms. The van der Waals surface area contributed by atoms with Gasteiger partial charge >= 0.3 is 0 Å². The molecular formula is C13H12N4S. The van der Waals surface area contributed by atoms with Gasteiger partial charge in [-0.2, -0.15) is 10.5 Å². The summed E-state index contributed by atoms with van der Waals surface area (Å²) in [4.78, 5) is 4.52. The second-order valence-corrected chi connectivity index (χ2v) is 4.93. The highest BCUT2D eigenvalue weighted by molar-refractivity contribution is 8.14. The van der Waals surface area contributed by atoms with E-state index in [1.54, 1.807) is 30.0 Å². The molecule has 90 valence electrons. The summed E-state index contributed by atoms with van der Waals surface area (Å²) in [5, 5.41) is 21.9. The van der Waals surface area contributed by atoms with Crippen LogP contribution in [0.25, 0.3) is 0 Å². The first-order valence-electron chi connectivity index (χ1n) is 5.68. The third kappa shape index (κ3) is 2.64. The van der Waals surface area contributed by atoms with Gasteiger partial charge in [-0.25, -0.2) is 0 Å². The average molecular weight is 256 g/mol. The SMILES string of the molecule is CCC1CSC(Nc2ccc(C#N)c(C#N)c2)=N1. The molecule has 1 aliphatic rings. The lowest BCUT2D eigenvalue weighted by molar-refractivity contribution is 0.738. The third-order valence-electron chi connectivity index (χ3n) is 2.70. The number of nitriles is 2. The number of hydrogen-bond donors (Lipinski definition) is 1. The highest BCUT2D eigenvalue weighted by atomic mass is 32.2. The zero-order chi connectivity index (χ0) is 13.0. The van der Waals surface area contributed by atoms with Gasteiger partial charge in [0.25, 0.3) is 0 Å². The molecule has 0 fully saturated rings. The van der Waals surface area contributed by atoms with E-state index >= 15 is 0 Å². The molecule has 1 aromatic carbocycles. The standard InChI is InChI=1S/C13H12N4S/c1-2-11-8-18-13(16-11)17-12-4-3-9(6-14)10(5-12)7-15/h3-5,11H,2,8H2,1H3,(H,16,17). The van der Waals surface area contributed by atoms with Crippen LogP contribution in [0.4, 0.5) is 5.69 Å². The first kappa shape index (κ1) is 12.5. The van der Waals surface area contributed by atoms with E-state index in [9.17, 15) is 0 Å². The smallest absolute Gasteiger partial charge is 0.161 e. The normalized spacial score (nSPS) is 17.7. The number of amidine groups is 1. The minimum absolute atomic E-state index is 0.381. The quantitative estimate of drug-likeness (QED) is 0.883. The van der Waals surface area contributed by atoms with Crippen LogP contribution in [-0.4, -0.2) is 17.0 Å². The van der Waals surface area contributed by atoms with Gasteiger partial charge in [0.15, 0.2) is 5.17 Å². The molecule has 0 aliphatic carbocycles. The van der Waals surface area contributed by atoms with E-state index in [4.69, 9.17) is 10.5 Å². The topological polar surface area (TPSA) is 72.0 Å². The van der Waals surface area contributed by atoms with Crippen molar-refractivity contribution in [2.24, 2.45) is 4.99 Å². The van der Waals surface area contributed by atoms with E-state index in [0.717, 1.165) is 23.0 Å². The minimum atomic E-state index is 0.381. The Bertz CT molecular complexity index is 565. The lowest BCUT2D eigenvalue weighted by atomic mass is 10.1. The van der Waals surface area contributed by atoms with Crippen molar-refractivity contribution in [2.45, 2.75) is 19.4 Å². The molecule has 0 amide bonds. The number of thioether (sulfide) groups is 1. The van der Waals surface area contributed by atoms with Crippen LogP contribution in [0, 0.1) is 22.7 Å². The Morgan fingerprint density at radius 1 is 1.39 bits per heavy atom. The van der Waals surface area contributed by atoms with Crippen molar-refractivity contribution in [1.29, 1.82) is 10.5 Å². The molecule has 0 saturated heterocycles. The van der Waals surface area contributed by atoms with Gasteiger partial charge in [-0.05, 0) is 24.6 Å². The number of hydrogen-bond acceptors (Lipinski definition) is 5. The van der Waals surface area contributed by atoms with Crippen LogP contribution in [0.15, 0.2) is 23.2 Å². The van der Waals surface area contributed by atoms with Crippen molar-refractivity contribution in [2.75, 3.05) is 11.1 Å². The fraction of sp³-hybridized carbons (Fsp3) is 0.308. The summed E-state index contributed by atoms with van der Waals surface area (Å²) in [7, 11) is 0. The van der Waals surface area contributed by atoms with E-state index in [1.165, 1.54) is 0 Å². The van der Waals surface area contributed by atoms with E-state index < -0.39 is 0 Å². The fourth-order valence-corrected chi connectivity index (χ4v) is 2.70. The molecule has 4 nitrogen and oxygen atoms in total. The molecule has 5 heteroatoms. The van der Waals surface area contributed by atoms with Gasteiger partial charge in [0.2, 0.25) is 0 Å². The number of nitrogens with one attached hydrogen (secondary N) is 1. The Morgan fingerprint density at radius 3 is 2.78 bits per heavy atom. The number of benzene rings is 1. The van der Waals surface area contributed by atoms with Crippen molar-refractivity contribution in [1.82, 2.24) is 0 Å². The molecule has 1 unspecified atom stereocenters. The molecule has 0 bridgehead atoms. The van der Waals surface area contributed by atoms with Gasteiger partial charge in [-0.15, -0.1) is 0 Å². The van der Waals surface area contributed by atoms with Crippen LogP contribution >= 0.6 is 11.8 Å². The summed E-state index contributed by atoms with van der Waals surface area (Å²) < 4.78 is 0. The van der Waals surface area contributed by atoms with Crippen LogP contribution in [0.3, 0.4) is 0 Å². The van der Waals surface area contributed by atoms with Gasteiger partial charge in [0.05, 0.1) is 17.2 Å². The maximum absolute atomic E-state index is 8.95. The van der Waals surface area contributed by atoms with Gasteiger partial charge in [0, 0.05) is 11.4 Å². The monoisotopic (exact) mass is 256 g/mol. The van der Waals surface area contributed by atoms with Crippen LogP contribution in [0.5, 0.6) is 0 Å². The van der Waals surface area contributed by atoms with Gasteiger partial charge in [-0.1, -0.05) is 18.7 Å². The number of rotatable bonds is 2. The maximum atomic E-state index is 8.95. The van der Waals surface area contributed by atoms with Crippen molar-refractivity contribution in [3.63, 3.8) is 0 Å². The first-order chi connectivity index (χ1) is 8.76. The molecule has 1 heterocycles. The molecule has 1 N–H and O–H groups in total. The zero-order valence-corrected chi connectivity index (χ0v) is 10.8. The molecule has 1 aliphatic heterocycles. The lowest BCUT2D eigenvalue weighted by Gasteiger charge is -2.05. The second kappa shape index (κ2) is 5.57. The van der Waals surface area contributed by atoms with E-state index in [1.807, 2.05) is 12.1 Å². The molecule has 0 radical (unpaired) electrons. The van der Waals surface area contributed by atoms with Gasteiger partial charge < -0.3 is 5.32 Å². The number of anilines is 1. The largest absolute Gasteiger partial charge is 0.335 e. The van der Waals surface area contributed by atoms with Crippen LogP contribution in [0.1, 0.15) is 24.5 Å². The van der Waals surface area contributed by atoms with Gasteiger partial charge in [0.1, 0.15) is 12.1 Å². The maximum Gasteiger partial charge on any atom is 0.161 e. The predicted molar refractivity (Wildman–Crippen MR) is 73.5 cm³/mol. The summed E-state index contributed by atoms with van der Waals surface area (Å²) in [5.41, 5.74) is 1.59. The molecule has 2 rings (SSSR count). The Balaban J connectivity index is 2.17. The Morgan fingerprint density at radius 2 is 2.17 bits per heavy atom. The second-order valence-electron chi connectivity index (χ2n) is 3.92. The number of nitrogens with zero attached hydrogens (tertiary/aromatic N) is 3. The zero-order valence-electron chi connectivity index (χ0n) is 9.97. The first-order valence-corrected chi connectivity index (χ1v) is 6.67. The Kier molecular flexibility index (Phi) is 3.86. The average Bonchev–Trinajstić information content (AvgIpc) is 2.86. The van der Waals surface area contributed by atoms with E-state index in [2.05, 4.69) is 17.2 Å². The van der Waals surface area contributed by atoms with Crippen LogP contribution < -0.4 is 5.32 Å². The summed E-state index contributed by atoms with van der Waals surface area (Å²) in [5.74, 6) is 1.00. The van der Waals surface area contributed by atoms with Crippen molar-refractivity contribution < 1.29 is 0 Å². The number of aliphatic imine (C=N–C) groups is 1. The molecule has 1 aromatic rings. The van der Waals surface area contributed by atoms with Crippen molar-refractivity contribution in [3.8, 4) is 12.1 Å². The summed E-state index contributed by atoms with van der Waals surface area (Å²) in [6.07, 6.45) is 1.04. The highest BCUT2D eigenvalue weighted by Gasteiger charge is 2.16. The summed E-state index contributed by atoms with van der Waals surface area (Å²) >= 11 is 1.68. The molecular weight excluding hydrogens is 244 g/mol. The highest BCUT2D eigenvalue weighted by Crippen LogP contribution is 2.22. The van der Waals surface area contributed by atoms with Gasteiger partial charge in [-0.3, -0.25) is 4.99 Å². The van der Waals surface area contributed by atoms with Crippen molar-refractivity contribution in [3.05, 3.63) is 29.3 Å². The molecule has 0 saturated carbocycles. The third-order valence-corrected chi connectivity index (χ3v) is 3.73. The van der Waals surface area contributed by atoms with Crippen LogP contribution in [-0.2, 0) is 0 Å². The van der Waals surface area contributed by atoms with Crippen molar-refractivity contribution >= 4 is 22.6 Å². The summed E-state index contributed by atoms with van der Waals surface area (Å²) in [6.45, 7) is 2.12. The minimum Gasteiger partial charge on any atom is -0.335 e. The van der Waals surface area contributed by atoms with E-state index in [-0.39, 0.29) is 0 Å². The van der Waals surface area contributed by atoms with Crippen LogP contribution in [0.2, 0.25) is 0 Å².